The van der Waals surface area contributed by atoms with Gasteiger partial charge in [-0.2, -0.15) is 0 Å². The molecule has 1 aliphatic carbocycles. The normalized spacial score (nSPS) is 24.6. The Hall–Kier alpha value is -0.770. The Morgan fingerprint density at radius 1 is 1.41 bits per heavy atom. The second-order valence-electron chi connectivity index (χ2n) is 4.71. The van der Waals surface area contributed by atoms with Crippen LogP contribution in [-0.4, -0.2) is 16.8 Å². The van der Waals surface area contributed by atoms with E-state index in [1.807, 2.05) is 13.8 Å². The first-order valence-electron chi connectivity index (χ1n) is 6.10. The Kier molecular flexibility index (Phi) is 3.92. The third-order valence-corrected chi connectivity index (χ3v) is 4.38. The van der Waals surface area contributed by atoms with E-state index in [9.17, 15) is 4.79 Å². The number of hydrogen-bond donors (Lipinski definition) is 1. The van der Waals surface area contributed by atoms with Crippen LogP contribution in [0.3, 0.4) is 0 Å². The van der Waals surface area contributed by atoms with Crippen LogP contribution in [0.5, 0.6) is 0 Å². The van der Waals surface area contributed by atoms with Crippen molar-refractivity contribution in [1.29, 1.82) is 0 Å². The Morgan fingerprint density at radius 2 is 2.12 bits per heavy atom. The van der Waals surface area contributed by atoms with Crippen LogP contribution in [0.25, 0.3) is 0 Å². The van der Waals surface area contributed by atoms with Crippen molar-refractivity contribution < 1.29 is 9.21 Å². The quantitative estimate of drug-likeness (QED) is 0.851. The predicted molar refractivity (Wildman–Crippen MR) is 70.6 cm³/mol. The molecule has 4 heteroatoms. The number of alkyl halides is 1. The number of furan rings is 1. The smallest absolute Gasteiger partial charge is 0.255 e. The largest absolute Gasteiger partial charge is 0.466 e. The molecule has 0 radical (unpaired) electrons. The third kappa shape index (κ3) is 2.92. The standard InChI is InChI=1S/C13H18BrNO2/c1-8-7-10(9(2)17-8)13(16)15-12-6-4-3-5-11(12)14/h7,11-12H,3-6H2,1-2H3,(H,15,16). The summed E-state index contributed by atoms with van der Waals surface area (Å²) < 4.78 is 5.38. The SMILES string of the molecule is Cc1cc(C(=O)NC2CCCCC2Br)c(C)o1. The highest BCUT2D eigenvalue weighted by atomic mass is 79.9. The van der Waals surface area contributed by atoms with Crippen molar-refractivity contribution in [2.75, 3.05) is 0 Å². The van der Waals surface area contributed by atoms with E-state index in [1.54, 1.807) is 6.07 Å². The Morgan fingerprint density at radius 3 is 2.71 bits per heavy atom. The van der Waals surface area contributed by atoms with Crippen molar-refractivity contribution in [2.24, 2.45) is 0 Å². The van der Waals surface area contributed by atoms with Crippen LogP contribution in [0.15, 0.2) is 10.5 Å². The predicted octanol–water partition coefficient (Wildman–Crippen LogP) is 3.33. The molecule has 0 spiro atoms. The molecule has 0 saturated heterocycles. The van der Waals surface area contributed by atoms with Crippen molar-refractivity contribution in [3.8, 4) is 0 Å². The van der Waals surface area contributed by atoms with E-state index in [2.05, 4.69) is 21.2 Å². The molecule has 0 aromatic carbocycles. The topological polar surface area (TPSA) is 42.2 Å². The Labute approximate surface area is 110 Å². The summed E-state index contributed by atoms with van der Waals surface area (Å²) in [6.45, 7) is 3.69. The molecular weight excluding hydrogens is 282 g/mol. The highest BCUT2D eigenvalue weighted by molar-refractivity contribution is 9.09. The lowest BCUT2D eigenvalue weighted by Gasteiger charge is -2.28. The molecule has 1 aromatic heterocycles. The molecule has 1 aromatic rings. The van der Waals surface area contributed by atoms with Crippen molar-refractivity contribution in [2.45, 2.75) is 50.4 Å². The van der Waals surface area contributed by atoms with E-state index < -0.39 is 0 Å². The molecule has 2 rings (SSSR count). The van der Waals surface area contributed by atoms with Gasteiger partial charge in [-0.05, 0) is 32.8 Å². The van der Waals surface area contributed by atoms with Crippen LogP contribution in [0, 0.1) is 13.8 Å². The van der Waals surface area contributed by atoms with Crippen LogP contribution < -0.4 is 5.32 Å². The molecule has 17 heavy (non-hydrogen) atoms. The molecule has 1 amide bonds. The molecule has 2 atom stereocenters. The second kappa shape index (κ2) is 5.25. The fourth-order valence-electron chi connectivity index (χ4n) is 2.35. The lowest BCUT2D eigenvalue weighted by molar-refractivity contribution is 0.0928. The summed E-state index contributed by atoms with van der Waals surface area (Å²) in [5.74, 6) is 1.46. The highest BCUT2D eigenvalue weighted by Crippen LogP contribution is 2.25. The fraction of sp³-hybridized carbons (Fsp3) is 0.615. The summed E-state index contributed by atoms with van der Waals surface area (Å²) in [4.78, 5) is 12.5. The molecule has 2 unspecified atom stereocenters. The minimum atomic E-state index is -0.0179. The molecule has 1 heterocycles. The zero-order valence-electron chi connectivity index (χ0n) is 10.3. The monoisotopic (exact) mass is 299 g/mol. The second-order valence-corrected chi connectivity index (χ2v) is 5.88. The van der Waals surface area contributed by atoms with Gasteiger partial charge in [0.15, 0.2) is 0 Å². The van der Waals surface area contributed by atoms with Gasteiger partial charge in [-0.25, -0.2) is 0 Å². The molecule has 1 fully saturated rings. The zero-order chi connectivity index (χ0) is 12.4. The summed E-state index contributed by atoms with van der Waals surface area (Å²) in [6.07, 6.45) is 4.62. The van der Waals surface area contributed by atoms with Gasteiger partial charge in [0, 0.05) is 10.9 Å². The van der Waals surface area contributed by atoms with E-state index in [4.69, 9.17) is 4.42 Å². The zero-order valence-corrected chi connectivity index (χ0v) is 11.8. The minimum Gasteiger partial charge on any atom is -0.466 e. The molecule has 0 aliphatic heterocycles. The fourth-order valence-corrected chi connectivity index (χ4v) is 3.07. The minimum absolute atomic E-state index is 0.0179. The maximum Gasteiger partial charge on any atom is 0.255 e. The van der Waals surface area contributed by atoms with E-state index in [0.717, 1.165) is 18.6 Å². The van der Waals surface area contributed by atoms with E-state index in [0.29, 0.717) is 16.2 Å². The van der Waals surface area contributed by atoms with E-state index >= 15 is 0 Å². The van der Waals surface area contributed by atoms with Crippen LogP contribution in [0.1, 0.15) is 47.6 Å². The van der Waals surface area contributed by atoms with Gasteiger partial charge in [-0.3, -0.25) is 4.79 Å². The maximum atomic E-state index is 12.1. The van der Waals surface area contributed by atoms with Crippen molar-refractivity contribution in [3.05, 3.63) is 23.2 Å². The summed E-state index contributed by atoms with van der Waals surface area (Å²) in [5.41, 5.74) is 0.660. The molecule has 1 N–H and O–H groups in total. The number of nitrogens with one attached hydrogen (secondary N) is 1. The molecule has 94 valence electrons. The van der Waals surface area contributed by atoms with Crippen molar-refractivity contribution >= 4 is 21.8 Å². The number of carbonyl (C=O) groups is 1. The highest BCUT2D eigenvalue weighted by Gasteiger charge is 2.25. The number of hydrogen-bond acceptors (Lipinski definition) is 2. The van der Waals surface area contributed by atoms with Gasteiger partial charge in [-0.15, -0.1) is 0 Å². The molecule has 1 saturated carbocycles. The van der Waals surface area contributed by atoms with Gasteiger partial charge in [0.25, 0.3) is 5.91 Å². The van der Waals surface area contributed by atoms with Crippen molar-refractivity contribution in [1.82, 2.24) is 5.32 Å². The summed E-state index contributed by atoms with van der Waals surface area (Å²) in [6, 6.07) is 2.04. The third-order valence-electron chi connectivity index (χ3n) is 3.28. The van der Waals surface area contributed by atoms with Crippen LogP contribution >= 0.6 is 15.9 Å². The van der Waals surface area contributed by atoms with Crippen LogP contribution in [0.2, 0.25) is 0 Å². The van der Waals surface area contributed by atoms with Crippen LogP contribution in [-0.2, 0) is 0 Å². The Bertz CT molecular complexity index is 414. The van der Waals surface area contributed by atoms with Gasteiger partial charge in [-0.1, -0.05) is 28.8 Å². The number of halogens is 1. The molecular formula is C13H18BrNO2. The average molecular weight is 300 g/mol. The molecule has 1 aliphatic rings. The summed E-state index contributed by atoms with van der Waals surface area (Å²) in [7, 11) is 0. The Balaban J connectivity index is 2.03. The number of amides is 1. The average Bonchev–Trinajstić information content (AvgIpc) is 2.61. The maximum absolute atomic E-state index is 12.1. The number of carbonyl (C=O) groups excluding carboxylic acids is 1. The first kappa shape index (κ1) is 12.7. The van der Waals surface area contributed by atoms with Crippen molar-refractivity contribution in [3.63, 3.8) is 0 Å². The van der Waals surface area contributed by atoms with Gasteiger partial charge in [0.2, 0.25) is 0 Å². The lowest BCUT2D eigenvalue weighted by Crippen LogP contribution is -2.42. The first-order chi connectivity index (χ1) is 8.08. The molecule has 0 bridgehead atoms. The first-order valence-corrected chi connectivity index (χ1v) is 7.01. The van der Waals surface area contributed by atoms with Gasteiger partial charge in [0.05, 0.1) is 5.56 Å². The van der Waals surface area contributed by atoms with E-state index in [1.165, 1.54) is 12.8 Å². The van der Waals surface area contributed by atoms with E-state index in [-0.39, 0.29) is 11.9 Å². The van der Waals surface area contributed by atoms with Gasteiger partial charge < -0.3 is 9.73 Å². The van der Waals surface area contributed by atoms with Gasteiger partial charge in [0.1, 0.15) is 11.5 Å². The van der Waals surface area contributed by atoms with Crippen LogP contribution in [0.4, 0.5) is 0 Å². The summed E-state index contributed by atoms with van der Waals surface area (Å²) >= 11 is 3.64. The number of rotatable bonds is 2. The molecule has 3 nitrogen and oxygen atoms in total. The number of aryl methyl sites for hydroxylation is 2. The summed E-state index contributed by atoms with van der Waals surface area (Å²) in [5, 5.41) is 3.09. The lowest BCUT2D eigenvalue weighted by atomic mass is 9.95. The van der Waals surface area contributed by atoms with Gasteiger partial charge >= 0.3 is 0 Å².